The molecule has 0 saturated carbocycles. The second-order valence-electron chi connectivity index (χ2n) is 4.95. The number of rotatable bonds is 5. The van der Waals surface area contributed by atoms with Crippen molar-refractivity contribution in [3.8, 4) is 0 Å². The van der Waals surface area contributed by atoms with Crippen molar-refractivity contribution in [2.45, 2.75) is 19.3 Å². The number of alkyl halides is 3. The Morgan fingerprint density at radius 1 is 1.43 bits per heavy atom. The summed E-state index contributed by atoms with van der Waals surface area (Å²) >= 11 is 0. The first-order valence-corrected chi connectivity index (χ1v) is 6.61. The van der Waals surface area contributed by atoms with Gasteiger partial charge in [0, 0.05) is 6.54 Å². The van der Waals surface area contributed by atoms with Crippen LogP contribution >= 0.6 is 0 Å². The predicted molar refractivity (Wildman–Crippen MR) is 70.5 cm³/mol. The SMILES string of the molecule is Cc1cccc(C2NCC(=O)N2CCOCC(F)(F)F)c1. The molecule has 1 aliphatic rings. The lowest BCUT2D eigenvalue weighted by atomic mass is 10.1. The number of aryl methyl sites for hydroxylation is 1. The van der Waals surface area contributed by atoms with E-state index in [9.17, 15) is 18.0 Å². The van der Waals surface area contributed by atoms with Crippen LogP contribution in [-0.2, 0) is 9.53 Å². The Labute approximate surface area is 120 Å². The molecule has 2 rings (SSSR count). The number of halogens is 3. The lowest BCUT2D eigenvalue weighted by Gasteiger charge is -2.25. The molecule has 1 saturated heterocycles. The first-order valence-electron chi connectivity index (χ1n) is 6.61. The molecule has 1 amide bonds. The van der Waals surface area contributed by atoms with Crippen molar-refractivity contribution in [1.29, 1.82) is 0 Å². The largest absolute Gasteiger partial charge is 0.411 e. The van der Waals surface area contributed by atoms with Crippen LogP contribution in [0.15, 0.2) is 24.3 Å². The fourth-order valence-electron chi connectivity index (χ4n) is 2.28. The standard InChI is InChI=1S/C14H17F3N2O2/c1-10-3-2-4-11(7-10)13-18-8-12(20)19(13)5-6-21-9-14(15,16)17/h2-4,7,13,18H,5-6,8-9H2,1H3. The Morgan fingerprint density at radius 3 is 2.86 bits per heavy atom. The van der Waals surface area contributed by atoms with Crippen LogP contribution in [0.3, 0.4) is 0 Å². The number of carbonyl (C=O) groups is 1. The van der Waals surface area contributed by atoms with Gasteiger partial charge in [0.05, 0.1) is 13.2 Å². The van der Waals surface area contributed by atoms with Gasteiger partial charge in [-0.2, -0.15) is 13.2 Å². The lowest BCUT2D eigenvalue weighted by Crippen LogP contribution is -2.34. The first kappa shape index (κ1) is 15.8. The van der Waals surface area contributed by atoms with Gasteiger partial charge in [0.15, 0.2) is 0 Å². The molecule has 1 aromatic carbocycles. The minimum absolute atomic E-state index is 0.126. The van der Waals surface area contributed by atoms with Crippen LogP contribution in [0.4, 0.5) is 13.2 Å². The summed E-state index contributed by atoms with van der Waals surface area (Å²) in [5.74, 6) is -0.142. The fourth-order valence-corrected chi connectivity index (χ4v) is 2.28. The molecule has 0 radical (unpaired) electrons. The second kappa shape index (κ2) is 6.44. The Kier molecular flexibility index (Phi) is 4.84. The average Bonchev–Trinajstić information content (AvgIpc) is 2.75. The molecule has 116 valence electrons. The molecule has 1 fully saturated rings. The van der Waals surface area contributed by atoms with E-state index in [2.05, 4.69) is 10.1 Å². The molecule has 1 N–H and O–H groups in total. The molecule has 0 aliphatic carbocycles. The zero-order valence-corrected chi connectivity index (χ0v) is 11.6. The highest BCUT2D eigenvalue weighted by Crippen LogP contribution is 2.23. The zero-order chi connectivity index (χ0) is 15.5. The highest BCUT2D eigenvalue weighted by molar-refractivity contribution is 5.80. The smallest absolute Gasteiger partial charge is 0.370 e. The second-order valence-corrected chi connectivity index (χ2v) is 4.95. The van der Waals surface area contributed by atoms with Gasteiger partial charge in [0.25, 0.3) is 0 Å². The number of nitrogens with zero attached hydrogens (tertiary/aromatic N) is 1. The van der Waals surface area contributed by atoms with Crippen LogP contribution in [0.25, 0.3) is 0 Å². The highest BCUT2D eigenvalue weighted by Gasteiger charge is 2.32. The highest BCUT2D eigenvalue weighted by atomic mass is 19.4. The minimum atomic E-state index is -4.34. The molecular weight excluding hydrogens is 285 g/mol. The maximum Gasteiger partial charge on any atom is 0.411 e. The van der Waals surface area contributed by atoms with Gasteiger partial charge in [-0.25, -0.2) is 0 Å². The summed E-state index contributed by atoms with van der Waals surface area (Å²) in [7, 11) is 0. The Bertz CT molecular complexity index is 505. The van der Waals surface area contributed by atoms with Gasteiger partial charge < -0.3 is 9.64 Å². The average molecular weight is 302 g/mol. The summed E-state index contributed by atoms with van der Waals surface area (Å²) < 4.78 is 40.6. The monoisotopic (exact) mass is 302 g/mol. The van der Waals surface area contributed by atoms with E-state index in [0.29, 0.717) is 0 Å². The van der Waals surface area contributed by atoms with Crippen LogP contribution in [-0.4, -0.2) is 43.3 Å². The Morgan fingerprint density at radius 2 is 2.19 bits per heavy atom. The zero-order valence-electron chi connectivity index (χ0n) is 11.6. The van der Waals surface area contributed by atoms with E-state index < -0.39 is 12.8 Å². The lowest BCUT2D eigenvalue weighted by molar-refractivity contribution is -0.175. The third-order valence-corrected chi connectivity index (χ3v) is 3.18. The molecule has 1 aliphatic heterocycles. The van der Waals surface area contributed by atoms with Gasteiger partial charge in [-0.05, 0) is 12.5 Å². The normalized spacial score (nSPS) is 19.3. The summed E-state index contributed by atoms with van der Waals surface area (Å²) in [4.78, 5) is 13.3. The van der Waals surface area contributed by atoms with Gasteiger partial charge in [-0.3, -0.25) is 10.1 Å². The van der Waals surface area contributed by atoms with Crippen LogP contribution in [0.1, 0.15) is 17.3 Å². The van der Waals surface area contributed by atoms with Crippen molar-refractivity contribution in [2.75, 3.05) is 26.3 Å². The van der Waals surface area contributed by atoms with Crippen molar-refractivity contribution in [2.24, 2.45) is 0 Å². The molecule has 1 aromatic rings. The molecule has 4 nitrogen and oxygen atoms in total. The number of hydrogen-bond acceptors (Lipinski definition) is 3. The van der Waals surface area contributed by atoms with E-state index in [1.54, 1.807) is 0 Å². The maximum atomic E-state index is 12.0. The molecule has 21 heavy (non-hydrogen) atoms. The molecule has 0 bridgehead atoms. The minimum Gasteiger partial charge on any atom is -0.370 e. The number of carbonyl (C=O) groups excluding carboxylic acids is 1. The molecule has 1 atom stereocenters. The topological polar surface area (TPSA) is 41.6 Å². The molecule has 0 aromatic heterocycles. The van der Waals surface area contributed by atoms with E-state index in [4.69, 9.17) is 0 Å². The first-order chi connectivity index (χ1) is 9.87. The molecular formula is C14H17F3N2O2. The third-order valence-electron chi connectivity index (χ3n) is 3.18. The van der Waals surface area contributed by atoms with Gasteiger partial charge in [-0.1, -0.05) is 29.8 Å². The van der Waals surface area contributed by atoms with Crippen LogP contribution in [0.2, 0.25) is 0 Å². The molecule has 1 heterocycles. The van der Waals surface area contributed by atoms with E-state index in [0.717, 1.165) is 11.1 Å². The fraction of sp³-hybridized carbons (Fsp3) is 0.500. The van der Waals surface area contributed by atoms with Gasteiger partial charge in [0.1, 0.15) is 12.8 Å². The third kappa shape index (κ3) is 4.44. The number of ether oxygens (including phenoxy) is 1. The summed E-state index contributed by atoms with van der Waals surface area (Å²) in [6.45, 7) is 0.808. The number of amides is 1. The van der Waals surface area contributed by atoms with Crippen molar-refractivity contribution in [3.63, 3.8) is 0 Å². The summed E-state index contributed by atoms with van der Waals surface area (Å²) in [6.07, 6.45) is -4.66. The summed E-state index contributed by atoms with van der Waals surface area (Å²) in [6, 6.07) is 7.65. The van der Waals surface area contributed by atoms with E-state index in [-0.39, 0.29) is 31.8 Å². The van der Waals surface area contributed by atoms with Crippen molar-refractivity contribution in [3.05, 3.63) is 35.4 Å². The maximum absolute atomic E-state index is 12.0. The number of hydrogen-bond donors (Lipinski definition) is 1. The van der Waals surface area contributed by atoms with E-state index >= 15 is 0 Å². The van der Waals surface area contributed by atoms with Crippen LogP contribution < -0.4 is 5.32 Å². The summed E-state index contributed by atoms with van der Waals surface area (Å²) in [5.41, 5.74) is 1.97. The quantitative estimate of drug-likeness (QED) is 0.846. The number of nitrogens with one attached hydrogen (secondary N) is 1. The van der Waals surface area contributed by atoms with Crippen molar-refractivity contribution >= 4 is 5.91 Å². The van der Waals surface area contributed by atoms with Crippen molar-refractivity contribution < 1.29 is 22.7 Å². The predicted octanol–water partition coefficient (Wildman–Crippen LogP) is 2.00. The van der Waals surface area contributed by atoms with Gasteiger partial charge in [-0.15, -0.1) is 0 Å². The summed E-state index contributed by atoms with van der Waals surface area (Å²) in [5, 5.41) is 3.06. The molecule has 7 heteroatoms. The van der Waals surface area contributed by atoms with Gasteiger partial charge in [0.2, 0.25) is 5.91 Å². The van der Waals surface area contributed by atoms with E-state index in [1.807, 2.05) is 31.2 Å². The number of benzene rings is 1. The van der Waals surface area contributed by atoms with Crippen molar-refractivity contribution in [1.82, 2.24) is 10.2 Å². The Hall–Kier alpha value is -1.60. The van der Waals surface area contributed by atoms with Crippen LogP contribution in [0, 0.1) is 6.92 Å². The molecule has 0 spiro atoms. The van der Waals surface area contributed by atoms with Crippen LogP contribution in [0.5, 0.6) is 0 Å². The molecule has 1 unspecified atom stereocenters. The van der Waals surface area contributed by atoms with E-state index in [1.165, 1.54) is 4.90 Å². The van der Waals surface area contributed by atoms with Gasteiger partial charge >= 0.3 is 6.18 Å². The Balaban J connectivity index is 1.94.